The molecular weight excluding hydrogens is 236 g/mol. The highest BCUT2D eigenvalue weighted by atomic mass is 16.3. The maximum atomic E-state index is 9.36. The Bertz CT molecular complexity index is 382. The number of aromatic hydroxyl groups is 1. The lowest BCUT2D eigenvalue weighted by Gasteiger charge is -2.45. The van der Waals surface area contributed by atoms with E-state index in [-0.39, 0.29) is 5.54 Å². The fourth-order valence-corrected chi connectivity index (χ4v) is 3.30. The molecule has 0 radical (unpaired) electrons. The summed E-state index contributed by atoms with van der Waals surface area (Å²) in [5.41, 5.74) is 7.54. The fourth-order valence-electron chi connectivity index (χ4n) is 3.30. The highest BCUT2D eigenvalue weighted by Crippen LogP contribution is 2.33. The normalized spacial score (nSPS) is 18.7. The summed E-state index contributed by atoms with van der Waals surface area (Å²) in [6.07, 6.45) is 6.37. The Kier molecular flexibility index (Phi) is 4.83. The van der Waals surface area contributed by atoms with Crippen LogP contribution < -0.4 is 5.73 Å². The van der Waals surface area contributed by atoms with E-state index in [0.29, 0.717) is 5.75 Å². The molecule has 0 spiro atoms. The van der Waals surface area contributed by atoms with E-state index in [2.05, 4.69) is 11.8 Å². The van der Waals surface area contributed by atoms with Crippen molar-refractivity contribution in [1.82, 2.24) is 4.90 Å². The van der Waals surface area contributed by atoms with Gasteiger partial charge in [0.25, 0.3) is 0 Å². The summed E-state index contributed by atoms with van der Waals surface area (Å²) < 4.78 is 0. The van der Waals surface area contributed by atoms with Gasteiger partial charge in [-0.05, 0) is 37.1 Å². The largest absolute Gasteiger partial charge is 0.508 e. The van der Waals surface area contributed by atoms with Gasteiger partial charge in [0.2, 0.25) is 0 Å². The first-order chi connectivity index (χ1) is 9.20. The number of hydrogen-bond donors (Lipinski definition) is 2. The van der Waals surface area contributed by atoms with Crippen LogP contribution in [0.15, 0.2) is 24.3 Å². The van der Waals surface area contributed by atoms with Crippen LogP contribution in [0.4, 0.5) is 0 Å². The van der Waals surface area contributed by atoms with Gasteiger partial charge in [-0.3, -0.25) is 4.90 Å². The van der Waals surface area contributed by atoms with Crippen molar-refractivity contribution in [2.75, 3.05) is 13.1 Å². The molecule has 0 aliphatic heterocycles. The van der Waals surface area contributed by atoms with Crippen LogP contribution in [-0.2, 0) is 6.54 Å². The van der Waals surface area contributed by atoms with Crippen molar-refractivity contribution >= 4 is 0 Å². The van der Waals surface area contributed by atoms with Gasteiger partial charge in [0.1, 0.15) is 5.75 Å². The number of hydrogen-bond acceptors (Lipinski definition) is 3. The van der Waals surface area contributed by atoms with Crippen LogP contribution in [0.25, 0.3) is 0 Å². The Hall–Kier alpha value is -1.06. The molecule has 0 saturated heterocycles. The lowest BCUT2D eigenvalue weighted by Crippen LogP contribution is -2.54. The Morgan fingerprint density at radius 1 is 1.16 bits per heavy atom. The highest BCUT2D eigenvalue weighted by molar-refractivity contribution is 5.26. The van der Waals surface area contributed by atoms with E-state index in [1.54, 1.807) is 12.1 Å². The molecule has 3 heteroatoms. The summed E-state index contributed by atoms with van der Waals surface area (Å²) in [6.45, 7) is 4.91. The first kappa shape index (κ1) is 14.4. The van der Waals surface area contributed by atoms with Gasteiger partial charge in [0, 0.05) is 18.6 Å². The minimum absolute atomic E-state index is 0.185. The standard InChI is InChI=1S/C16H26N2O/c1-2-18(12-14-6-8-15(19)9-7-14)16(13-17)10-4-3-5-11-16/h6-9,19H,2-5,10-13,17H2,1H3. The molecule has 1 saturated carbocycles. The number of nitrogens with two attached hydrogens (primary N) is 1. The smallest absolute Gasteiger partial charge is 0.115 e. The summed E-state index contributed by atoms with van der Waals surface area (Å²) in [5, 5.41) is 9.36. The molecule has 0 heterocycles. The van der Waals surface area contributed by atoms with Gasteiger partial charge in [0.05, 0.1) is 0 Å². The number of nitrogens with zero attached hydrogens (tertiary/aromatic N) is 1. The van der Waals surface area contributed by atoms with Crippen LogP contribution in [0.3, 0.4) is 0 Å². The maximum Gasteiger partial charge on any atom is 0.115 e. The number of rotatable bonds is 5. The van der Waals surface area contributed by atoms with Crippen LogP contribution in [0.1, 0.15) is 44.6 Å². The zero-order valence-electron chi connectivity index (χ0n) is 11.9. The van der Waals surface area contributed by atoms with Crippen LogP contribution in [-0.4, -0.2) is 28.6 Å². The number of phenols is 1. The molecule has 0 unspecified atom stereocenters. The van der Waals surface area contributed by atoms with Crippen LogP contribution in [0.5, 0.6) is 5.75 Å². The van der Waals surface area contributed by atoms with E-state index < -0.39 is 0 Å². The molecule has 2 rings (SSSR count). The van der Waals surface area contributed by atoms with Crippen molar-refractivity contribution in [2.45, 2.75) is 51.1 Å². The Balaban J connectivity index is 2.11. The molecule has 1 aromatic carbocycles. The molecule has 0 aromatic heterocycles. The van der Waals surface area contributed by atoms with Crippen molar-refractivity contribution in [2.24, 2.45) is 5.73 Å². The summed E-state index contributed by atoms with van der Waals surface area (Å²) in [5.74, 6) is 0.331. The molecule has 0 amide bonds. The Morgan fingerprint density at radius 3 is 2.32 bits per heavy atom. The molecule has 3 nitrogen and oxygen atoms in total. The average Bonchev–Trinajstić information content (AvgIpc) is 2.47. The van der Waals surface area contributed by atoms with Crippen LogP contribution in [0.2, 0.25) is 0 Å². The van der Waals surface area contributed by atoms with Gasteiger partial charge >= 0.3 is 0 Å². The van der Waals surface area contributed by atoms with Crippen molar-refractivity contribution in [3.05, 3.63) is 29.8 Å². The molecule has 0 atom stereocenters. The average molecular weight is 262 g/mol. The van der Waals surface area contributed by atoms with Gasteiger partial charge in [-0.2, -0.15) is 0 Å². The number of phenolic OH excluding ortho intramolecular Hbond substituents is 1. The summed E-state index contributed by atoms with van der Waals surface area (Å²) in [4.78, 5) is 2.53. The van der Waals surface area contributed by atoms with E-state index in [9.17, 15) is 5.11 Å². The topological polar surface area (TPSA) is 49.5 Å². The minimum Gasteiger partial charge on any atom is -0.508 e. The first-order valence-corrected chi connectivity index (χ1v) is 7.43. The molecular formula is C16H26N2O. The van der Waals surface area contributed by atoms with Crippen molar-refractivity contribution in [3.8, 4) is 5.75 Å². The molecule has 0 bridgehead atoms. The van der Waals surface area contributed by atoms with E-state index in [1.807, 2.05) is 12.1 Å². The second kappa shape index (κ2) is 6.40. The van der Waals surface area contributed by atoms with Crippen LogP contribution >= 0.6 is 0 Å². The van der Waals surface area contributed by atoms with E-state index in [0.717, 1.165) is 19.6 Å². The summed E-state index contributed by atoms with van der Waals surface area (Å²) in [7, 11) is 0. The second-order valence-corrected chi connectivity index (χ2v) is 5.67. The molecule has 1 aromatic rings. The molecule has 1 fully saturated rings. The minimum atomic E-state index is 0.185. The zero-order valence-corrected chi connectivity index (χ0v) is 11.9. The third-order valence-electron chi connectivity index (χ3n) is 4.53. The van der Waals surface area contributed by atoms with Gasteiger partial charge < -0.3 is 10.8 Å². The monoisotopic (exact) mass is 262 g/mol. The van der Waals surface area contributed by atoms with Crippen LogP contribution in [0, 0.1) is 0 Å². The third-order valence-corrected chi connectivity index (χ3v) is 4.53. The van der Waals surface area contributed by atoms with E-state index >= 15 is 0 Å². The quantitative estimate of drug-likeness (QED) is 0.858. The molecule has 3 N–H and O–H groups in total. The number of likely N-dealkylation sites (N-methyl/N-ethyl adjacent to an activating group) is 1. The van der Waals surface area contributed by atoms with Crippen molar-refractivity contribution in [1.29, 1.82) is 0 Å². The molecule has 106 valence electrons. The highest BCUT2D eigenvalue weighted by Gasteiger charge is 2.35. The Labute approximate surface area is 116 Å². The van der Waals surface area contributed by atoms with E-state index in [1.165, 1.54) is 37.7 Å². The SMILES string of the molecule is CCN(Cc1ccc(O)cc1)C1(CN)CCCCC1. The Morgan fingerprint density at radius 2 is 1.79 bits per heavy atom. The third kappa shape index (κ3) is 3.28. The van der Waals surface area contributed by atoms with Gasteiger partial charge in [-0.15, -0.1) is 0 Å². The predicted octanol–water partition coefficient (Wildman–Crippen LogP) is 2.88. The lowest BCUT2D eigenvalue weighted by atomic mass is 9.80. The van der Waals surface area contributed by atoms with Gasteiger partial charge in [0.15, 0.2) is 0 Å². The predicted molar refractivity (Wildman–Crippen MR) is 79.1 cm³/mol. The van der Waals surface area contributed by atoms with Crippen molar-refractivity contribution in [3.63, 3.8) is 0 Å². The van der Waals surface area contributed by atoms with Gasteiger partial charge in [-0.25, -0.2) is 0 Å². The maximum absolute atomic E-state index is 9.36. The molecule has 19 heavy (non-hydrogen) atoms. The summed E-state index contributed by atoms with van der Waals surface area (Å²) in [6, 6.07) is 7.54. The zero-order chi connectivity index (χ0) is 13.7. The first-order valence-electron chi connectivity index (χ1n) is 7.43. The van der Waals surface area contributed by atoms with Crippen molar-refractivity contribution < 1.29 is 5.11 Å². The molecule has 1 aliphatic carbocycles. The lowest BCUT2D eigenvalue weighted by molar-refractivity contribution is 0.0546. The van der Waals surface area contributed by atoms with Gasteiger partial charge in [-0.1, -0.05) is 38.3 Å². The summed E-state index contributed by atoms with van der Waals surface area (Å²) >= 11 is 0. The fraction of sp³-hybridized carbons (Fsp3) is 0.625. The molecule has 1 aliphatic rings. The second-order valence-electron chi connectivity index (χ2n) is 5.67. The van der Waals surface area contributed by atoms with E-state index in [4.69, 9.17) is 5.73 Å². The number of benzene rings is 1.